The number of hydrogen-bond donors (Lipinski definition) is 1. The number of nitrogens with zero attached hydrogens (tertiary/aromatic N) is 2. The van der Waals surface area contributed by atoms with Crippen LogP contribution in [0.5, 0.6) is 5.75 Å². The van der Waals surface area contributed by atoms with Gasteiger partial charge in [-0.05, 0) is 48.4 Å². The standard InChI is InChI=1S/C21H20BrN3O2/c1-3-11-25-20(14-5-4-6-15(22)12-14)17-18(23-24-19(17)21(25)26)13-7-9-16(27-2)10-8-13/h4-10,12,20H,3,11H2,1-2H3,(H,23,24). The second-order valence-electron chi connectivity index (χ2n) is 6.55. The van der Waals surface area contributed by atoms with Crippen molar-refractivity contribution in [2.75, 3.05) is 13.7 Å². The zero-order valence-electron chi connectivity index (χ0n) is 15.2. The number of fused-ring (bicyclic) bond motifs is 1. The van der Waals surface area contributed by atoms with Gasteiger partial charge < -0.3 is 9.64 Å². The fraction of sp³-hybridized carbons (Fsp3) is 0.238. The van der Waals surface area contributed by atoms with Gasteiger partial charge in [0.2, 0.25) is 0 Å². The van der Waals surface area contributed by atoms with Gasteiger partial charge in [0.25, 0.3) is 5.91 Å². The van der Waals surface area contributed by atoms with Gasteiger partial charge in [0.05, 0.1) is 18.8 Å². The van der Waals surface area contributed by atoms with Crippen LogP contribution >= 0.6 is 15.9 Å². The summed E-state index contributed by atoms with van der Waals surface area (Å²) < 4.78 is 6.25. The van der Waals surface area contributed by atoms with Crippen LogP contribution in [-0.4, -0.2) is 34.7 Å². The number of methoxy groups -OCH3 is 1. The Balaban J connectivity index is 1.86. The van der Waals surface area contributed by atoms with Crippen LogP contribution in [0.3, 0.4) is 0 Å². The van der Waals surface area contributed by atoms with Gasteiger partial charge in [-0.2, -0.15) is 5.10 Å². The molecule has 0 aliphatic carbocycles. The van der Waals surface area contributed by atoms with Gasteiger partial charge >= 0.3 is 0 Å². The second-order valence-corrected chi connectivity index (χ2v) is 7.46. The largest absolute Gasteiger partial charge is 0.497 e. The molecule has 0 spiro atoms. The molecular weight excluding hydrogens is 406 g/mol. The molecule has 27 heavy (non-hydrogen) atoms. The van der Waals surface area contributed by atoms with Crippen LogP contribution in [0.2, 0.25) is 0 Å². The quantitative estimate of drug-likeness (QED) is 0.638. The molecule has 6 heteroatoms. The van der Waals surface area contributed by atoms with Crippen LogP contribution in [0, 0.1) is 0 Å². The highest BCUT2D eigenvalue weighted by molar-refractivity contribution is 9.10. The molecule has 1 atom stereocenters. The van der Waals surface area contributed by atoms with Crippen molar-refractivity contribution in [2.24, 2.45) is 0 Å². The van der Waals surface area contributed by atoms with Crippen molar-refractivity contribution in [3.05, 3.63) is 69.8 Å². The third kappa shape index (κ3) is 3.04. The number of carbonyl (C=O) groups is 1. The molecule has 0 fully saturated rings. The Morgan fingerprint density at radius 3 is 2.67 bits per heavy atom. The SMILES string of the molecule is CCCN1C(=O)c2[nH]nc(-c3ccc(OC)cc3)c2C1c1cccc(Br)c1. The van der Waals surface area contributed by atoms with E-state index in [0.717, 1.165) is 39.0 Å². The Bertz CT molecular complexity index is 981. The minimum absolute atomic E-state index is 0.00378. The molecule has 5 nitrogen and oxygen atoms in total. The van der Waals surface area contributed by atoms with Gasteiger partial charge in [0.15, 0.2) is 0 Å². The highest BCUT2D eigenvalue weighted by Gasteiger charge is 2.41. The molecule has 0 bridgehead atoms. The average molecular weight is 426 g/mol. The lowest BCUT2D eigenvalue weighted by molar-refractivity contribution is 0.0744. The smallest absolute Gasteiger partial charge is 0.273 e. The van der Waals surface area contributed by atoms with Crippen LogP contribution in [0.15, 0.2) is 53.0 Å². The molecule has 0 radical (unpaired) electrons. The lowest BCUT2D eigenvalue weighted by Gasteiger charge is -2.26. The van der Waals surface area contributed by atoms with E-state index in [9.17, 15) is 4.79 Å². The van der Waals surface area contributed by atoms with E-state index in [2.05, 4.69) is 45.2 Å². The van der Waals surface area contributed by atoms with Crippen LogP contribution in [0.25, 0.3) is 11.3 Å². The molecule has 2 aromatic carbocycles. The first-order valence-corrected chi connectivity index (χ1v) is 9.72. The number of amides is 1. The van der Waals surface area contributed by atoms with Crippen molar-refractivity contribution in [2.45, 2.75) is 19.4 Å². The Morgan fingerprint density at radius 2 is 2.00 bits per heavy atom. The summed E-state index contributed by atoms with van der Waals surface area (Å²) in [6, 6.07) is 15.7. The number of ether oxygens (including phenoxy) is 1. The first-order chi connectivity index (χ1) is 13.1. The number of carbonyl (C=O) groups excluding carboxylic acids is 1. The lowest BCUT2D eigenvalue weighted by Crippen LogP contribution is -2.30. The molecule has 138 valence electrons. The van der Waals surface area contributed by atoms with E-state index in [0.29, 0.717) is 12.2 Å². The normalized spacial score (nSPS) is 15.9. The molecule has 1 aliphatic rings. The molecule has 2 heterocycles. The zero-order chi connectivity index (χ0) is 19.0. The summed E-state index contributed by atoms with van der Waals surface area (Å²) in [5, 5.41) is 7.46. The van der Waals surface area contributed by atoms with Gasteiger partial charge in [0.1, 0.15) is 11.4 Å². The van der Waals surface area contributed by atoms with Crippen molar-refractivity contribution >= 4 is 21.8 Å². The van der Waals surface area contributed by atoms with E-state index in [1.807, 2.05) is 41.3 Å². The maximum atomic E-state index is 13.0. The summed E-state index contributed by atoms with van der Waals surface area (Å²) in [6.07, 6.45) is 0.895. The van der Waals surface area contributed by atoms with Crippen molar-refractivity contribution in [3.8, 4) is 17.0 Å². The number of hydrogen-bond acceptors (Lipinski definition) is 3. The van der Waals surface area contributed by atoms with Crippen LogP contribution in [0.4, 0.5) is 0 Å². The van der Waals surface area contributed by atoms with Gasteiger partial charge in [0, 0.05) is 22.1 Å². The minimum atomic E-state index is -0.152. The minimum Gasteiger partial charge on any atom is -0.497 e. The Morgan fingerprint density at radius 1 is 1.22 bits per heavy atom. The topological polar surface area (TPSA) is 58.2 Å². The number of halogens is 1. The average Bonchev–Trinajstić information content (AvgIpc) is 3.22. The van der Waals surface area contributed by atoms with E-state index < -0.39 is 0 Å². The summed E-state index contributed by atoms with van der Waals surface area (Å²) in [5.41, 5.74) is 4.36. The molecule has 0 saturated carbocycles. The predicted molar refractivity (Wildman–Crippen MR) is 108 cm³/mol. The monoisotopic (exact) mass is 425 g/mol. The van der Waals surface area contributed by atoms with Gasteiger partial charge in [-0.3, -0.25) is 9.89 Å². The molecular formula is C21H20BrN3O2. The number of aromatic amines is 1. The number of nitrogens with one attached hydrogen (secondary N) is 1. The molecule has 1 unspecified atom stereocenters. The van der Waals surface area contributed by atoms with E-state index in [-0.39, 0.29) is 11.9 Å². The first kappa shape index (κ1) is 17.8. The Labute approximate surface area is 166 Å². The van der Waals surface area contributed by atoms with Gasteiger partial charge in [-0.15, -0.1) is 0 Å². The molecule has 0 saturated heterocycles. The predicted octanol–water partition coefficient (Wildman–Crippen LogP) is 4.80. The highest BCUT2D eigenvalue weighted by atomic mass is 79.9. The summed E-state index contributed by atoms with van der Waals surface area (Å²) in [4.78, 5) is 15.0. The van der Waals surface area contributed by atoms with Gasteiger partial charge in [-0.1, -0.05) is 35.0 Å². The van der Waals surface area contributed by atoms with E-state index in [4.69, 9.17) is 4.74 Å². The molecule has 1 N–H and O–H groups in total. The molecule has 4 rings (SSSR count). The maximum absolute atomic E-state index is 13.0. The van der Waals surface area contributed by atoms with E-state index in [1.165, 1.54) is 0 Å². The van der Waals surface area contributed by atoms with Crippen LogP contribution < -0.4 is 4.74 Å². The third-order valence-electron chi connectivity index (χ3n) is 4.86. The van der Waals surface area contributed by atoms with Crippen molar-refractivity contribution in [3.63, 3.8) is 0 Å². The number of rotatable bonds is 5. The van der Waals surface area contributed by atoms with E-state index in [1.54, 1.807) is 7.11 Å². The summed E-state index contributed by atoms with van der Waals surface area (Å²) in [7, 11) is 1.64. The highest BCUT2D eigenvalue weighted by Crippen LogP contribution is 2.43. The molecule has 1 aromatic heterocycles. The zero-order valence-corrected chi connectivity index (χ0v) is 16.8. The number of H-pyrrole nitrogens is 1. The molecule has 1 amide bonds. The molecule has 3 aromatic rings. The van der Waals surface area contributed by atoms with E-state index >= 15 is 0 Å². The third-order valence-corrected chi connectivity index (χ3v) is 5.35. The summed E-state index contributed by atoms with van der Waals surface area (Å²) in [6.45, 7) is 2.78. The first-order valence-electron chi connectivity index (χ1n) is 8.93. The fourth-order valence-corrected chi connectivity index (χ4v) is 4.08. The summed E-state index contributed by atoms with van der Waals surface area (Å²) in [5.74, 6) is 0.794. The Hall–Kier alpha value is -2.60. The molecule has 1 aliphatic heterocycles. The second kappa shape index (κ2) is 7.19. The lowest BCUT2D eigenvalue weighted by atomic mass is 9.96. The van der Waals surface area contributed by atoms with Gasteiger partial charge in [-0.25, -0.2) is 0 Å². The fourth-order valence-electron chi connectivity index (χ4n) is 3.66. The Kier molecular flexibility index (Phi) is 4.74. The van der Waals surface area contributed by atoms with Crippen molar-refractivity contribution in [1.82, 2.24) is 15.1 Å². The van der Waals surface area contributed by atoms with Crippen LogP contribution in [-0.2, 0) is 0 Å². The number of benzene rings is 2. The van der Waals surface area contributed by atoms with Crippen LogP contribution in [0.1, 0.15) is 41.0 Å². The number of aromatic nitrogens is 2. The summed E-state index contributed by atoms with van der Waals surface area (Å²) >= 11 is 3.55. The van der Waals surface area contributed by atoms with Crippen molar-refractivity contribution in [1.29, 1.82) is 0 Å². The maximum Gasteiger partial charge on any atom is 0.273 e. The van der Waals surface area contributed by atoms with Crippen molar-refractivity contribution < 1.29 is 9.53 Å².